The molecule has 0 spiro atoms. The Morgan fingerprint density at radius 2 is 1.93 bits per heavy atom. The molecule has 0 saturated carbocycles. The fourth-order valence-corrected chi connectivity index (χ4v) is 3.90. The Morgan fingerprint density at radius 3 is 2.62 bits per heavy atom. The van der Waals surface area contributed by atoms with Crippen LogP contribution in [0.2, 0.25) is 0 Å². The van der Waals surface area contributed by atoms with Crippen LogP contribution in [-0.4, -0.2) is 46.3 Å². The SMILES string of the molecule is COc1cc(C(=O)CP(=O)(O)O)ccc1OCC(=O)Nc1nc2ccccc2s1. The molecule has 0 unspecified atom stereocenters. The molecule has 0 aliphatic rings. The normalized spacial score (nSPS) is 11.3. The molecule has 1 aromatic heterocycles. The smallest absolute Gasteiger partial charge is 0.333 e. The molecule has 2 aromatic carbocycles. The third-order valence-corrected chi connectivity index (χ3v) is 5.39. The number of aromatic nitrogens is 1. The number of benzene rings is 2. The Hall–Kier alpha value is -2.78. The third-order valence-electron chi connectivity index (χ3n) is 3.73. The summed E-state index contributed by atoms with van der Waals surface area (Å²) in [6.07, 6.45) is -0.902. The zero-order valence-corrected chi connectivity index (χ0v) is 16.9. The van der Waals surface area contributed by atoms with E-state index in [0.29, 0.717) is 5.13 Å². The molecule has 11 heteroatoms. The number of carbonyl (C=O) groups excluding carboxylic acids is 2. The van der Waals surface area contributed by atoms with Gasteiger partial charge in [-0.05, 0) is 30.3 Å². The Balaban J connectivity index is 1.64. The minimum Gasteiger partial charge on any atom is -0.493 e. The van der Waals surface area contributed by atoms with Crippen molar-refractivity contribution in [2.24, 2.45) is 0 Å². The highest BCUT2D eigenvalue weighted by Crippen LogP contribution is 2.36. The van der Waals surface area contributed by atoms with Crippen molar-refractivity contribution in [1.82, 2.24) is 4.98 Å². The zero-order chi connectivity index (χ0) is 21.0. The summed E-state index contributed by atoms with van der Waals surface area (Å²) in [5.41, 5.74) is 0.849. The molecule has 0 saturated heterocycles. The van der Waals surface area contributed by atoms with Crippen molar-refractivity contribution in [2.75, 3.05) is 25.2 Å². The van der Waals surface area contributed by atoms with Crippen LogP contribution in [0, 0.1) is 0 Å². The summed E-state index contributed by atoms with van der Waals surface area (Å²) in [6.45, 7) is -0.317. The Morgan fingerprint density at radius 1 is 1.17 bits per heavy atom. The second kappa shape index (κ2) is 8.71. The zero-order valence-electron chi connectivity index (χ0n) is 15.2. The topological polar surface area (TPSA) is 135 Å². The second-order valence-electron chi connectivity index (χ2n) is 5.94. The van der Waals surface area contributed by atoms with Crippen molar-refractivity contribution in [2.45, 2.75) is 0 Å². The van der Waals surface area contributed by atoms with Gasteiger partial charge in [-0.25, -0.2) is 4.98 Å². The lowest BCUT2D eigenvalue weighted by Crippen LogP contribution is -2.20. The summed E-state index contributed by atoms with van der Waals surface area (Å²) >= 11 is 1.34. The molecule has 9 nitrogen and oxygen atoms in total. The van der Waals surface area contributed by atoms with E-state index in [1.54, 1.807) is 0 Å². The number of ether oxygens (including phenoxy) is 2. The number of amides is 1. The van der Waals surface area contributed by atoms with Gasteiger partial charge in [-0.1, -0.05) is 23.5 Å². The van der Waals surface area contributed by atoms with E-state index in [9.17, 15) is 14.2 Å². The number of methoxy groups -OCH3 is 1. The lowest BCUT2D eigenvalue weighted by molar-refractivity contribution is -0.118. The summed E-state index contributed by atoms with van der Waals surface area (Å²) in [4.78, 5) is 46.2. The largest absolute Gasteiger partial charge is 0.493 e. The summed E-state index contributed by atoms with van der Waals surface area (Å²) in [7, 11) is -3.12. The van der Waals surface area contributed by atoms with Gasteiger partial charge in [-0.2, -0.15) is 0 Å². The summed E-state index contributed by atoms with van der Waals surface area (Å²) < 4.78 is 22.5. The van der Waals surface area contributed by atoms with E-state index in [1.807, 2.05) is 24.3 Å². The van der Waals surface area contributed by atoms with Gasteiger partial charge in [0.2, 0.25) is 0 Å². The Bertz CT molecular complexity index is 1080. The number of fused-ring (bicyclic) bond motifs is 1. The highest BCUT2D eigenvalue weighted by molar-refractivity contribution is 7.52. The molecule has 0 atom stereocenters. The van der Waals surface area contributed by atoms with Crippen LogP contribution in [0.15, 0.2) is 42.5 Å². The average Bonchev–Trinajstić information content (AvgIpc) is 3.07. The monoisotopic (exact) mass is 436 g/mol. The van der Waals surface area contributed by atoms with E-state index in [0.717, 1.165) is 10.2 Å². The van der Waals surface area contributed by atoms with Crippen molar-refractivity contribution >= 4 is 46.0 Å². The molecule has 3 N–H and O–H groups in total. The van der Waals surface area contributed by atoms with Gasteiger partial charge in [0.25, 0.3) is 5.91 Å². The molecule has 152 valence electrons. The number of Topliss-reactive ketones (excluding diaryl/α,β-unsaturated/α-hetero) is 1. The highest BCUT2D eigenvalue weighted by atomic mass is 32.1. The summed E-state index contributed by atoms with van der Waals surface area (Å²) in [6, 6.07) is 11.5. The van der Waals surface area contributed by atoms with E-state index >= 15 is 0 Å². The molecule has 0 radical (unpaired) electrons. The van der Waals surface area contributed by atoms with Gasteiger partial charge < -0.3 is 19.3 Å². The molecule has 0 bridgehead atoms. The molecule has 1 amide bonds. The number of para-hydroxylation sites is 1. The number of ketones is 1. The quantitative estimate of drug-likeness (QED) is 0.362. The van der Waals surface area contributed by atoms with Crippen LogP contribution < -0.4 is 14.8 Å². The molecule has 0 fully saturated rings. The number of rotatable bonds is 8. The lowest BCUT2D eigenvalue weighted by Gasteiger charge is -2.12. The standard InChI is InChI=1S/C18H17N2O7PS/c1-26-15-8-11(13(21)10-28(23,24)25)6-7-14(15)27-9-17(22)20-18-19-12-4-2-3-5-16(12)29-18/h2-8H,9-10H2,1H3,(H,19,20,22)(H2,23,24,25). The summed E-state index contributed by atoms with van der Waals surface area (Å²) in [5.74, 6) is -0.779. The van der Waals surface area contributed by atoms with E-state index in [2.05, 4.69) is 10.3 Å². The first kappa shape index (κ1) is 20.9. The molecular formula is C18H17N2O7PS. The van der Waals surface area contributed by atoms with Gasteiger partial charge in [0.1, 0.15) is 6.16 Å². The summed E-state index contributed by atoms with van der Waals surface area (Å²) in [5, 5.41) is 3.11. The van der Waals surface area contributed by atoms with Gasteiger partial charge in [-0.3, -0.25) is 19.5 Å². The Kier molecular flexibility index (Phi) is 6.29. The van der Waals surface area contributed by atoms with Crippen molar-refractivity contribution in [3.8, 4) is 11.5 Å². The lowest BCUT2D eigenvalue weighted by atomic mass is 10.1. The Labute approximate surface area is 169 Å². The molecular weight excluding hydrogens is 419 g/mol. The molecule has 1 heterocycles. The number of hydrogen-bond acceptors (Lipinski definition) is 7. The van der Waals surface area contributed by atoms with Gasteiger partial charge in [0.05, 0.1) is 17.3 Å². The minimum absolute atomic E-state index is 0.0662. The van der Waals surface area contributed by atoms with Crippen LogP contribution in [0.3, 0.4) is 0 Å². The number of anilines is 1. The first-order valence-corrected chi connectivity index (χ1v) is 10.9. The first-order valence-electron chi connectivity index (χ1n) is 8.29. The molecule has 0 aliphatic heterocycles. The van der Waals surface area contributed by atoms with Crippen molar-refractivity contribution in [3.63, 3.8) is 0 Å². The van der Waals surface area contributed by atoms with E-state index in [1.165, 1.54) is 36.6 Å². The number of thiazole rings is 1. The van der Waals surface area contributed by atoms with E-state index in [4.69, 9.17) is 19.3 Å². The maximum atomic E-state index is 12.1. The minimum atomic E-state index is -4.47. The van der Waals surface area contributed by atoms with Crippen molar-refractivity contribution in [1.29, 1.82) is 0 Å². The van der Waals surface area contributed by atoms with Crippen molar-refractivity contribution in [3.05, 3.63) is 48.0 Å². The first-order chi connectivity index (χ1) is 13.7. The van der Waals surface area contributed by atoms with Crippen LogP contribution in [-0.2, 0) is 9.36 Å². The van der Waals surface area contributed by atoms with Crippen LogP contribution in [0.25, 0.3) is 10.2 Å². The van der Waals surface area contributed by atoms with Crippen LogP contribution in [0.1, 0.15) is 10.4 Å². The van der Waals surface area contributed by atoms with E-state index in [-0.39, 0.29) is 23.7 Å². The third kappa shape index (κ3) is 5.61. The van der Waals surface area contributed by atoms with Crippen LogP contribution >= 0.6 is 18.9 Å². The fourth-order valence-electron chi connectivity index (χ4n) is 2.46. The van der Waals surface area contributed by atoms with Gasteiger partial charge in [-0.15, -0.1) is 0 Å². The molecule has 3 aromatic rings. The van der Waals surface area contributed by atoms with Gasteiger partial charge in [0, 0.05) is 5.56 Å². The average molecular weight is 436 g/mol. The number of nitrogens with zero attached hydrogens (tertiary/aromatic N) is 1. The molecule has 29 heavy (non-hydrogen) atoms. The maximum Gasteiger partial charge on any atom is 0.333 e. The van der Waals surface area contributed by atoms with Gasteiger partial charge in [0.15, 0.2) is 29.0 Å². The number of hydrogen-bond donors (Lipinski definition) is 3. The number of carbonyl (C=O) groups is 2. The predicted molar refractivity (Wildman–Crippen MR) is 108 cm³/mol. The fraction of sp³-hybridized carbons (Fsp3) is 0.167. The van der Waals surface area contributed by atoms with Crippen LogP contribution in [0.4, 0.5) is 5.13 Å². The highest BCUT2D eigenvalue weighted by Gasteiger charge is 2.21. The number of nitrogens with one attached hydrogen (secondary N) is 1. The van der Waals surface area contributed by atoms with Crippen LogP contribution in [0.5, 0.6) is 11.5 Å². The predicted octanol–water partition coefficient (Wildman–Crippen LogP) is 2.68. The van der Waals surface area contributed by atoms with E-state index < -0.39 is 25.4 Å². The molecule has 3 rings (SSSR count). The second-order valence-corrected chi connectivity index (χ2v) is 8.61. The van der Waals surface area contributed by atoms with Gasteiger partial charge >= 0.3 is 7.60 Å². The maximum absolute atomic E-state index is 12.1. The molecule has 0 aliphatic carbocycles. The van der Waals surface area contributed by atoms with Crippen molar-refractivity contribution < 1.29 is 33.4 Å².